The molecule has 3 rings (SSSR count). The van der Waals surface area contributed by atoms with Gasteiger partial charge in [0.2, 0.25) is 5.95 Å². The minimum Gasteiger partial charge on any atom is -0.391 e. The molecule has 8 nitrogen and oxygen atoms in total. The number of β-amino-alcohol motifs (C(OH)–C–C–N with tert-alkyl or cyclic N) is 1. The summed E-state index contributed by atoms with van der Waals surface area (Å²) < 4.78 is 0. The molecule has 0 spiro atoms. The van der Waals surface area contributed by atoms with Crippen LogP contribution in [0.1, 0.15) is 27.4 Å². The molecule has 1 saturated heterocycles. The number of nitrogens with one attached hydrogen (secondary N) is 1. The van der Waals surface area contributed by atoms with Gasteiger partial charge in [-0.15, -0.1) is 0 Å². The summed E-state index contributed by atoms with van der Waals surface area (Å²) in [6.07, 6.45) is 1.51. The molecule has 3 heterocycles. The molecule has 1 amide bonds. The Balaban J connectivity index is 1.71. The predicted octanol–water partition coefficient (Wildman–Crippen LogP) is 0.0743. The fraction of sp³-hybridized carbons (Fsp3) is 0.467. The molecule has 1 aliphatic heterocycles. The maximum Gasteiger partial charge on any atom is 0.257 e. The van der Waals surface area contributed by atoms with Crippen molar-refractivity contribution in [3.8, 4) is 0 Å². The molecule has 0 bridgehead atoms. The second-order valence-electron chi connectivity index (χ2n) is 6.01. The fourth-order valence-corrected chi connectivity index (χ4v) is 2.93. The van der Waals surface area contributed by atoms with Crippen LogP contribution in [0.2, 0.25) is 0 Å². The summed E-state index contributed by atoms with van der Waals surface area (Å²) in [4.78, 5) is 22.1. The lowest BCUT2D eigenvalue weighted by atomic mass is 10.0. The van der Waals surface area contributed by atoms with Crippen molar-refractivity contribution < 1.29 is 9.90 Å². The van der Waals surface area contributed by atoms with E-state index in [2.05, 4.69) is 20.2 Å². The second kappa shape index (κ2) is 5.96. The summed E-state index contributed by atoms with van der Waals surface area (Å²) in [6.45, 7) is 4.44. The molecular formula is C15H20N6O2. The van der Waals surface area contributed by atoms with Gasteiger partial charge in [-0.2, -0.15) is 5.10 Å². The van der Waals surface area contributed by atoms with Crippen LogP contribution in [0.5, 0.6) is 0 Å². The molecule has 2 atom stereocenters. The number of hydrogen-bond acceptors (Lipinski definition) is 6. The molecule has 0 radical (unpaired) electrons. The van der Waals surface area contributed by atoms with Crippen LogP contribution in [0, 0.1) is 19.8 Å². The van der Waals surface area contributed by atoms with Gasteiger partial charge in [0, 0.05) is 30.9 Å². The second-order valence-corrected chi connectivity index (χ2v) is 6.01. The van der Waals surface area contributed by atoms with Crippen molar-refractivity contribution in [2.24, 2.45) is 5.92 Å². The molecule has 1 fully saturated rings. The molecule has 23 heavy (non-hydrogen) atoms. The van der Waals surface area contributed by atoms with Gasteiger partial charge in [0.25, 0.3) is 5.91 Å². The van der Waals surface area contributed by atoms with E-state index in [1.165, 1.54) is 6.20 Å². The van der Waals surface area contributed by atoms with Crippen molar-refractivity contribution in [3.63, 3.8) is 0 Å². The number of nitrogens with two attached hydrogens (primary N) is 1. The average Bonchev–Trinajstić information content (AvgIpc) is 3.05. The lowest BCUT2D eigenvalue weighted by molar-refractivity contribution is 0.0763. The third-order valence-electron chi connectivity index (χ3n) is 4.15. The maximum atomic E-state index is 12.6. The van der Waals surface area contributed by atoms with Gasteiger partial charge in [0.15, 0.2) is 0 Å². The van der Waals surface area contributed by atoms with E-state index >= 15 is 0 Å². The minimum absolute atomic E-state index is 0.0309. The van der Waals surface area contributed by atoms with E-state index in [0.717, 1.165) is 11.4 Å². The first-order valence-corrected chi connectivity index (χ1v) is 7.51. The third-order valence-corrected chi connectivity index (χ3v) is 4.15. The number of aryl methyl sites for hydroxylation is 2. The summed E-state index contributed by atoms with van der Waals surface area (Å²) in [5, 5.41) is 17.3. The first-order chi connectivity index (χ1) is 10.9. The van der Waals surface area contributed by atoms with Crippen molar-refractivity contribution in [1.29, 1.82) is 0 Å². The number of aromatic amines is 1. The number of rotatable bonds is 3. The Kier molecular flexibility index (Phi) is 3.99. The van der Waals surface area contributed by atoms with Gasteiger partial charge in [-0.1, -0.05) is 0 Å². The van der Waals surface area contributed by atoms with Crippen LogP contribution in [0.15, 0.2) is 12.3 Å². The first kappa shape index (κ1) is 15.4. The summed E-state index contributed by atoms with van der Waals surface area (Å²) in [6, 6.07) is 1.95. The number of anilines is 1. The number of amides is 1. The minimum atomic E-state index is -0.564. The number of carbonyl (C=O) groups is 1. The summed E-state index contributed by atoms with van der Waals surface area (Å²) in [7, 11) is 0. The van der Waals surface area contributed by atoms with Gasteiger partial charge in [-0.3, -0.25) is 9.89 Å². The highest BCUT2D eigenvalue weighted by Gasteiger charge is 2.35. The van der Waals surface area contributed by atoms with Gasteiger partial charge in [0.05, 0.1) is 23.1 Å². The smallest absolute Gasteiger partial charge is 0.257 e. The molecule has 4 N–H and O–H groups in total. The number of aliphatic hydroxyl groups is 1. The molecule has 0 saturated carbocycles. The quantitative estimate of drug-likeness (QED) is 0.737. The van der Waals surface area contributed by atoms with E-state index in [9.17, 15) is 9.90 Å². The number of hydrogen-bond donors (Lipinski definition) is 3. The standard InChI is InChI=1S/C15H20N6O2/c1-8-3-11(20-19-8)4-10-6-21(7-13(10)22)14(23)12-5-17-15(16)18-9(12)2/h3,5,10,13,22H,4,6-7H2,1-2H3,(H,19,20)(H2,16,17,18)/t10-,13-/m1/s1. The number of likely N-dealkylation sites (tertiary alicyclic amines) is 1. The normalized spacial score (nSPS) is 20.9. The van der Waals surface area contributed by atoms with Crippen LogP contribution in [-0.2, 0) is 6.42 Å². The van der Waals surface area contributed by atoms with E-state index in [-0.39, 0.29) is 17.8 Å². The van der Waals surface area contributed by atoms with Gasteiger partial charge in [0.1, 0.15) is 0 Å². The highest BCUT2D eigenvalue weighted by Crippen LogP contribution is 2.23. The van der Waals surface area contributed by atoms with Crippen molar-refractivity contribution in [3.05, 3.63) is 34.9 Å². The number of nitrogen functional groups attached to an aromatic ring is 1. The zero-order chi connectivity index (χ0) is 16.6. The van der Waals surface area contributed by atoms with Crippen LogP contribution >= 0.6 is 0 Å². The van der Waals surface area contributed by atoms with Crippen molar-refractivity contribution in [1.82, 2.24) is 25.1 Å². The van der Waals surface area contributed by atoms with Crippen LogP contribution < -0.4 is 5.73 Å². The van der Waals surface area contributed by atoms with Crippen LogP contribution in [-0.4, -0.2) is 55.3 Å². The van der Waals surface area contributed by atoms with E-state index in [0.29, 0.717) is 30.8 Å². The monoisotopic (exact) mass is 316 g/mol. The van der Waals surface area contributed by atoms with Crippen LogP contribution in [0.4, 0.5) is 5.95 Å². The SMILES string of the molecule is Cc1cc(C[C@@H]2CN(C(=O)c3cnc(N)nc3C)C[C@H]2O)n[nH]1. The van der Waals surface area contributed by atoms with Gasteiger partial charge < -0.3 is 15.7 Å². The zero-order valence-corrected chi connectivity index (χ0v) is 13.2. The number of aliphatic hydroxyl groups excluding tert-OH is 1. The van der Waals surface area contributed by atoms with E-state index in [4.69, 9.17) is 5.73 Å². The van der Waals surface area contributed by atoms with E-state index in [1.807, 2.05) is 13.0 Å². The number of nitrogens with zero attached hydrogens (tertiary/aromatic N) is 4. The zero-order valence-electron chi connectivity index (χ0n) is 13.2. The lowest BCUT2D eigenvalue weighted by Crippen LogP contribution is -2.30. The maximum absolute atomic E-state index is 12.6. The molecule has 2 aromatic heterocycles. The fourth-order valence-electron chi connectivity index (χ4n) is 2.93. The molecule has 1 aliphatic rings. The Hall–Kier alpha value is -2.48. The topological polar surface area (TPSA) is 121 Å². The number of carbonyl (C=O) groups excluding carboxylic acids is 1. The Bertz CT molecular complexity index is 729. The van der Waals surface area contributed by atoms with Gasteiger partial charge in [-0.05, 0) is 26.3 Å². The predicted molar refractivity (Wildman–Crippen MR) is 83.6 cm³/mol. The molecular weight excluding hydrogens is 296 g/mol. The Morgan fingerprint density at radius 1 is 1.48 bits per heavy atom. The van der Waals surface area contributed by atoms with E-state index in [1.54, 1.807) is 11.8 Å². The third kappa shape index (κ3) is 3.16. The Morgan fingerprint density at radius 2 is 2.26 bits per heavy atom. The summed E-state index contributed by atoms with van der Waals surface area (Å²) in [5.41, 5.74) is 8.36. The van der Waals surface area contributed by atoms with Gasteiger partial charge in [-0.25, -0.2) is 9.97 Å². The highest BCUT2D eigenvalue weighted by molar-refractivity contribution is 5.95. The number of aromatic nitrogens is 4. The first-order valence-electron chi connectivity index (χ1n) is 7.51. The molecule has 122 valence electrons. The van der Waals surface area contributed by atoms with Crippen LogP contribution in [0.25, 0.3) is 0 Å². The van der Waals surface area contributed by atoms with Crippen molar-refractivity contribution in [2.45, 2.75) is 26.4 Å². The molecule has 0 unspecified atom stereocenters. The van der Waals surface area contributed by atoms with Crippen molar-refractivity contribution in [2.75, 3.05) is 18.8 Å². The molecule has 8 heteroatoms. The average molecular weight is 316 g/mol. The Morgan fingerprint density at radius 3 is 2.91 bits per heavy atom. The Labute approximate surface area is 133 Å². The van der Waals surface area contributed by atoms with Crippen LogP contribution in [0.3, 0.4) is 0 Å². The summed E-state index contributed by atoms with van der Waals surface area (Å²) >= 11 is 0. The molecule has 0 aromatic carbocycles. The summed E-state index contributed by atoms with van der Waals surface area (Å²) in [5.74, 6) is -0.0637. The largest absolute Gasteiger partial charge is 0.391 e. The van der Waals surface area contributed by atoms with E-state index < -0.39 is 6.10 Å². The number of H-pyrrole nitrogens is 1. The lowest BCUT2D eigenvalue weighted by Gasteiger charge is -2.16. The molecule has 2 aromatic rings. The molecule has 0 aliphatic carbocycles. The van der Waals surface area contributed by atoms with Gasteiger partial charge >= 0.3 is 0 Å². The highest BCUT2D eigenvalue weighted by atomic mass is 16.3. The van der Waals surface area contributed by atoms with Crippen molar-refractivity contribution >= 4 is 11.9 Å².